The van der Waals surface area contributed by atoms with Crippen molar-refractivity contribution in [3.63, 3.8) is 0 Å². The molecule has 2 heterocycles. The van der Waals surface area contributed by atoms with Gasteiger partial charge in [-0.2, -0.15) is 0 Å². The molecule has 2 unspecified atom stereocenters. The van der Waals surface area contributed by atoms with E-state index in [0.717, 1.165) is 18.5 Å². The van der Waals surface area contributed by atoms with Gasteiger partial charge in [0.1, 0.15) is 5.02 Å². The van der Waals surface area contributed by atoms with Crippen LogP contribution in [0.4, 0.5) is 5.69 Å². The van der Waals surface area contributed by atoms with Crippen LogP contribution in [0.15, 0.2) is 36.5 Å². The third-order valence-corrected chi connectivity index (χ3v) is 6.22. The molecule has 1 amide bonds. The Morgan fingerprint density at radius 3 is 2.58 bits per heavy atom. The van der Waals surface area contributed by atoms with E-state index in [9.17, 15) is 9.59 Å². The molecule has 13 heteroatoms. The maximum Gasteiger partial charge on any atom is 0.310 e. The number of aromatic nitrogens is 1. The molecule has 0 saturated carbocycles. The Kier molecular flexibility index (Phi) is 15.0. The van der Waals surface area contributed by atoms with Gasteiger partial charge in [0.05, 0.1) is 10.4 Å². The molecule has 2 aromatic rings. The molecule has 1 aromatic heterocycles. The number of ether oxygens (including phenoxy) is 1. The second-order valence-electron chi connectivity index (χ2n) is 9.41. The molecule has 1 saturated heterocycles. The van der Waals surface area contributed by atoms with Gasteiger partial charge in [-0.15, -0.1) is 5.69 Å². The van der Waals surface area contributed by atoms with Gasteiger partial charge in [0.15, 0.2) is 6.10 Å². The SMILES string of the molecule is CC(C)(CN1CCC(NO)C1)C(=O)O.CCC(Oc1ncc(Cl)cc1Cl)C(=O)NCc1cccc([NH-])c1.[Y]. The molecule has 1 aliphatic heterocycles. The number of benzene rings is 1. The average Bonchev–Trinajstić information content (AvgIpc) is 3.29. The molecule has 1 fully saturated rings. The first-order chi connectivity index (χ1) is 17.4. The van der Waals surface area contributed by atoms with Crippen LogP contribution in [0.25, 0.3) is 5.73 Å². The molecule has 38 heavy (non-hydrogen) atoms. The zero-order valence-electron chi connectivity index (χ0n) is 21.7. The molecule has 207 valence electrons. The van der Waals surface area contributed by atoms with Gasteiger partial charge in [-0.25, -0.2) is 10.5 Å². The maximum absolute atomic E-state index is 12.2. The predicted molar refractivity (Wildman–Crippen MR) is 142 cm³/mol. The van der Waals surface area contributed by atoms with Gasteiger partial charge in [0.2, 0.25) is 5.88 Å². The fourth-order valence-electron chi connectivity index (χ4n) is 3.64. The molecule has 0 spiro atoms. The monoisotopic (exact) mass is 643 g/mol. The van der Waals surface area contributed by atoms with Gasteiger partial charge >= 0.3 is 5.97 Å². The molecule has 1 radical (unpaired) electrons. The Labute approximate surface area is 258 Å². The van der Waals surface area contributed by atoms with E-state index in [1.807, 2.05) is 13.0 Å². The van der Waals surface area contributed by atoms with E-state index >= 15 is 0 Å². The van der Waals surface area contributed by atoms with Crippen molar-refractivity contribution in [2.75, 3.05) is 19.6 Å². The van der Waals surface area contributed by atoms with Crippen molar-refractivity contribution in [3.05, 3.63) is 57.9 Å². The number of pyridine rings is 1. The number of likely N-dealkylation sites (tertiary alicyclic amines) is 1. The summed E-state index contributed by atoms with van der Waals surface area (Å²) in [6.45, 7) is 7.68. The molecule has 1 aliphatic rings. The minimum atomic E-state index is -0.780. The summed E-state index contributed by atoms with van der Waals surface area (Å²) in [5.41, 5.74) is 10.3. The summed E-state index contributed by atoms with van der Waals surface area (Å²) in [5.74, 6) is -0.875. The smallest absolute Gasteiger partial charge is 0.310 e. The predicted octanol–water partition coefficient (Wildman–Crippen LogP) is 4.69. The molecule has 1 aromatic carbocycles. The molecule has 0 bridgehead atoms. The van der Waals surface area contributed by atoms with E-state index in [1.54, 1.807) is 32.0 Å². The maximum atomic E-state index is 12.2. The van der Waals surface area contributed by atoms with Crippen molar-refractivity contribution in [3.8, 4) is 5.88 Å². The average molecular weight is 644 g/mol. The fraction of sp³-hybridized carbons (Fsp3) is 0.480. The molecular weight excluding hydrogens is 610 g/mol. The number of nitrogens with one attached hydrogen (secondary N) is 3. The number of rotatable bonds is 10. The van der Waals surface area contributed by atoms with Gasteiger partial charge < -0.3 is 31.0 Å². The van der Waals surface area contributed by atoms with Crippen LogP contribution in [0.5, 0.6) is 5.88 Å². The number of carbonyl (C=O) groups is 2. The molecule has 3 rings (SSSR count). The molecule has 10 nitrogen and oxygen atoms in total. The zero-order valence-corrected chi connectivity index (χ0v) is 26.1. The van der Waals surface area contributed by atoms with Crippen LogP contribution >= 0.6 is 23.2 Å². The number of nitrogens with zero attached hydrogens (tertiary/aromatic N) is 2. The normalized spacial score (nSPS) is 16.0. The van der Waals surface area contributed by atoms with E-state index in [0.29, 0.717) is 36.8 Å². The first-order valence-corrected chi connectivity index (χ1v) is 12.6. The number of hydrogen-bond donors (Lipinski definition) is 4. The minimum absolute atomic E-state index is 0. The van der Waals surface area contributed by atoms with Crippen molar-refractivity contribution in [2.45, 2.75) is 52.3 Å². The van der Waals surface area contributed by atoms with Gasteiger partial charge in [0, 0.05) is 64.6 Å². The van der Waals surface area contributed by atoms with E-state index in [1.165, 1.54) is 12.3 Å². The summed E-state index contributed by atoms with van der Waals surface area (Å²) in [5, 5.41) is 21.1. The Morgan fingerprint density at radius 1 is 1.32 bits per heavy atom. The number of hydrogen-bond acceptors (Lipinski definition) is 7. The van der Waals surface area contributed by atoms with E-state index in [4.69, 9.17) is 44.0 Å². The summed E-state index contributed by atoms with van der Waals surface area (Å²) in [4.78, 5) is 29.1. The van der Waals surface area contributed by atoms with Gasteiger partial charge in [0.25, 0.3) is 5.91 Å². The summed E-state index contributed by atoms with van der Waals surface area (Å²) in [6, 6.07) is 8.58. The topological polar surface area (TPSA) is 148 Å². The van der Waals surface area contributed by atoms with Crippen molar-refractivity contribution in [1.82, 2.24) is 20.7 Å². The molecule has 2 atom stereocenters. The van der Waals surface area contributed by atoms with Crippen molar-refractivity contribution in [2.24, 2.45) is 5.41 Å². The van der Waals surface area contributed by atoms with Gasteiger partial charge in [-0.3, -0.25) is 9.59 Å². The first kappa shape index (κ1) is 34.5. The van der Waals surface area contributed by atoms with E-state index < -0.39 is 17.5 Å². The van der Waals surface area contributed by atoms with Gasteiger partial charge in [-0.05, 0) is 44.9 Å². The van der Waals surface area contributed by atoms with Crippen LogP contribution in [0.2, 0.25) is 10.0 Å². The summed E-state index contributed by atoms with van der Waals surface area (Å²) < 4.78 is 5.57. The van der Waals surface area contributed by atoms with E-state index in [2.05, 4.69) is 20.7 Å². The number of amides is 1. The minimum Gasteiger partial charge on any atom is -0.699 e. The van der Waals surface area contributed by atoms with Crippen LogP contribution in [0, 0.1) is 5.41 Å². The summed E-state index contributed by atoms with van der Waals surface area (Å²) in [6.07, 6.45) is 2.03. The van der Waals surface area contributed by atoms with Crippen molar-refractivity contribution >= 4 is 40.8 Å². The summed E-state index contributed by atoms with van der Waals surface area (Å²) in [7, 11) is 0. The van der Waals surface area contributed by atoms with Crippen LogP contribution in [0.3, 0.4) is 0 Å². The number of aliphatic carboxylic acids is 1. The zero-order chi connectivity index (χ0) is 27.6. The van der Waals surface area contributed by atoms with Crippen molar-refractivity contribution in [1.29, 1.82) is 0 Å². The van der Waals surface area contributed by atoms with Gasteiger partial charge in [-0.1, -0.05) is 54.4 Å². The van der Waals surface area contributed by atoms with Crippen LogP contribution in [-0.2, 0) is 48.8 Å². The third-order valence-electron chi connectivity index (χ3n) is 5.74. The van der Waals surface area contributed by atoms with Crippen LogP contribution in [0.1, 0.15) is 39.2 Å². The number of hydroxylamine groups is 1. The number of carboxylic acids is 1. The Bertz CT molecular complexity index is 1060. The first-order valence-electron chi connectivity index (χ1n) is 11.9. The van der Waals surface area contributed by atoms with Crippen LogP contribution in [-0.4, -0.2) is 63.9 Å². The number of halogens is 2. The Morgan fingerprint density at radius 2 is 2.03 bits per heavy atom. The largest absolute Gasteiger partial charge is 0.699 e. The van der Waals surface area contributed by atoms with E-state index in [-0.39, 0.29) is 55.6 Å². The second kappa shape index (κ2) is 16.5. The molecule has 0 aliphatic carbocycles. The Balaban J connectivity index is 0.000000415. The summed E-state index contributed by atoms with van der Waals surface area (Å²) >= 11 is 11.8. The molecule has 5 N–H and O–H groups in total. The van der Waals surface area contributed by atoms with Crippen LogP contribution < -0.4 is 15.5 Å². The van der Waals surface area contributed by atoms with Crippen molar-refractivity contribution < 1.29 is 57.3 Å². The fourth-order valence-corrected chi connectivity index (χ4v) is 4.06. The molecular formula is C25H34Cl2N5O5Y-. The standard InChI is InChI=1S/C16H16Cl2N3O2.C9H18N2O3.Y/c1-2-14(23-16-13(18)7-11(17)9-21-16)15(22)20-8-10-4-3-5-12(19)6-10;1-9(2,8(12)13)6-11-4-3-7(5-11)10-14;/h3-7,9,14,19H,2,8H2,1H3,(H,20,22);7,10,14H,3-6H2,1-2H3,(H,12,13);/q-1;;. The number of carbonyl (C=O) groups excluding carboxylic acids is 1. The third kappa shape index (κ3) is 11.3. The number of carboxylic acid groups (broad SMARTS) is 1. The Hall–Kier alpha value is -1.53. The quantitative estimate of drug-likeness (QED) is 0.273. The second-order valence-corrected chi connectivity index (χ2v) is 10.3.